The molecule has 0 aromatic heterocycles. The van der Waals surface area contributed by atoms with Gasteiger partial charge in [0.25, 0.3) is 0 Å². The molecule has 4 nitrogen and oxygen atoms in total. The fourth-order valence-electron chi connectivity index (χ4n) is 2.69. The van der Waals surface area contributed by atoms with Crippen molar-refractivity contribution in [1.82, 2.24) is 10.2 Å². The van der Waals surface area contributed by atoms with Gasteiger partial charge in [-0.1, -0.05) is 28.1 Å². The average molecular weight is 341 g/mol. The van der Waals surface area contributed by atoms with Gasteiger partial charge in [-0.2, -0.15) is 0 Å². The molecule has 2 unspecified atom stereocenters. The van der Waals surface area contributed by atoms with Gasteiger partial charge in [-0.15, -0.1) is 0 Å². The molecular formula is C15H21BrN2O2. The minimum atomic E-state index is -0.497. The minimum absolute atomic E-state index is 0.0180. The monoisotopic (exact) mass is 340 g/mol. The van der Waals surface area contributed by atoms with Gasteiger partial charge in [0, 0.05) is 30.5 Å². The topological polar surface area (TPSA) is 52.6 Å². The van der Waals surface area contributed by atoms with Gasteiger partial charge < -0.3 is 10.4 Å². The Morgan fingerprint density at radius 2 is 2.40 bits per heavy atom. The van der Waals surface area contributed by atoms with Crippen LogP contribution in [-0.2, 0) is 4.79 Å². The molecule has 2 atom stereocenters. The third kappa shape index (κ3) is 4.58. The number of hydrogen-bond donors (Lipinski definition) is 2. The van der Waals surface area contributed by atoms with Crippen LogP contribution in [0.25, 0.3) is 0 Å². The average Bonchev–Trinajstić information content (AvgIpc) is 2.38. The van der Waals surface area contributed by atoms with Crippen LogP contribution in [0, 0.1) is 0 Å². The summed E-state index contributed by atoms with van der Waals surface area (Å²) in [6.07, 6.45) is 1.57. The molecule has 1 amide bonds. The second-order valence-corrected chi connectivity index (χ2v) is 6.29. The predicted octanol–water partition coefficient (Wildman–Crippen LogP) is 2.08. The van der Waals surface area contributed by atoms with E-state index in [1.165, 1.54) is 0 Å². The predicted molar refractivity (Wildman–Crippen MR) is 82.4 cm³/mol. The molecule has 0 aliphatic carbocycles. The number of carbonyl (C=O) groups excluding carboxylic acids is 1. The number of rotatable bonds is 4. The van der Waals surface area contributed by atoms with E-state index in [1.807, 2.05) is 24.3 Å². The van der Waals surface area contributed by atoms with E-state index < -0.39 is 6.10 Å². The molecule has 110 valence electrons. The van der Waals surface area contributed by atoms with Crippen LogP contribution in [0.2, 0.25) is 0 Å². The molecule has 0 bridgehead atoms. The van der Waals surface area contributed by atoms with Crippen LogP contribution in [0.1, 0.15) is 31.4 Å². The first-order valence-corrected chi connectivity index (χ1v) is 7.77. The summed E-state index contributed by atoms with van der Waals surface area (Å²) in [5, 5.41) is 13.3. The third-order valence-corrected chi connectivity index (χ3v) is 4.07. The summed E-state index contributed by atoms with van der Waals surface area (Å²) in [6, 6.07) is 7.96. The number of nitrogens with zero attached hydrogens (tertiary/aromatic N) is 1. The Labute approximate surface area is 128 Å². The molecule has 1 aliphatic rings. The highest BCUT2D eigenvalue weighted by Gasteiger charge is 2.22. The summed E-state index contributed by atoms with van der Waals surface area (Å²) in [6.45, 7) is 3.94. The van der Waals surface area contributed by atoms with Crippen molar-refractivity contribution in [2.75, 3.05) is 19.6 Å². The molecule has 0 radical (unpaired) electrons. The van der Waals surface area contributed by atoms with Gasteiger partial charge in [-0.05, 0) is 37.1 Å². The zero-order valence-corrected chi connectivity index (χ0v) is 13.3. The highest BCUT2D eigenvalue weighted by atomic mass is 79.9. The first kappa shape index (κ1) is 15.5. The molecule has 1 aromatic carbocycles. The standard InChI is InChI=1S/C15H21BrN2O2/c1-11(19)17-14-6-3-7-18(9-14)10-15(20)12-4-2-5-13(16)8-12/h2,4-5,8,14-15,20H,3,6-7,9-10H2,1H3,(H,17,19). The lowest BCUT2D eigenvalue weighted by Gasteiger charge is -2.34. The van der Waals surface area contributed by atoms with Gasteiger partial charge >= 0.3 is 0 Å². The molecule has 5 heteroatoms. The summed E-state index contributed by atoms with van der Waals surface area (Å²) in [5.41, 5.74) is 0.918. The Bertz CT molecular complexity index is 467. The molecule has 1 aliphatic heterocycles. The summed E-state index contributed by atoms with van der Waals surface area (Å²) in [7, 11) is 0. The summed E-state index contributed by atoms with van der Waals surface area (Å²) in [5.74, 6) is 0.0180. The van der Waals surface area contributed by atoms with Crippen LogP contribution in [0.4, 0.5) is 0 Å². The van der Waals surface area contributed by atoms with Gasteiger partial charge in [0.1, 0.15) is 0 Å². The lowest BCUT2D eigenvalue weighted by Crippen LogP contribution is -2.48. The maximum atomic E-state index is 11.1. The van der Waals surface area contributed by atoms with Crippen LogP contribution in [-0.4, -0.2) is 41.6 Å². The second kappa shape index (κ2) is 7.20. The fraction of sp³-hybridized carbons (Fsp3) is 0.533. The number of benzene rings is 1. The van der Waals surface area contributed by atoms with E-state index in [4.69, 9.17) is 0 Å². The first-order chi connectivity index (χ1) is 9.54. The first-order valence-electron chi connectivity index (χ1n) is 6.97. The maximum absolute atomic E-state index is 11.1. The Balaban J connectivity index is 1.90. The zero-order valence-electron chi connectivity index (χ0n) is 11.7. The molecule has 1 aromatic rings. The number of aliphatic hydroxyl groups is 1. The van der Waals surface area contributed by atoms with E-state index >= 15 is 0 Å². The molecule has 1 saturated heterocycles. The summed E-state index contributed by atoms with van der Waals surface area (Å²) >= 11 is 3.42. The molecule has 2 rings (SSSR count). The third-order valence-electron chi connectivity index (χ3n) is 3.58. The van der Waals surface area contributed by atoms with Crippen molar-refractivity contribution in [3.8, 4) is 0 Å². The largest absolute Gasteiger partial charge is 0.387 e. The molecule has 0 spiro atoms. The van der Waals surface area contributed by atoms with Gasteiger partial charge in [0.15, 0.2) is 0 Å². The SMILES string of the molecule is CC(=O)NC1CCCN(CC(O)c2cccc(Br)c2)C1. The number of hydrogen-bond acceptors (Lipinski definition) is 3. The van der Waals surface area contributed by atoms with Crippen LogP contribution in [0.3, 0.4) is 0 Å². The number of halogens is 1. The number of aliphatic hydroxyl groups excluding tert-OH is 1. The fourth-order valence-corrected chi connectivity index (χ4v) is 3.11. The zero-order chi connectivity index (χ0) is 14.5. The van der Waals surface area contributed by atoms with Crippen molar-refractivity contribution in [1.29, 1.82) is 0 Å². The highest BCUT2D eigenvalue weighted by molar-refractivity contribution is 9.10. The van der Waals surface area contributed by atoms with E-state index in [0.29, 0.717) is 6.54 Å². The number of piperidine rings is 1. The van der Waals surface area contributed by atoms with Crippen molar-refractivity contribution in [3.63, 3.8) is 0 Å². The highest BCUT2D eigenvalue weighted by Crippen LogP contribution is 2.20. The van der Waals surface area contributed by atoms with Crippen molar-refractivity contribution >= 4 is 21.8 Å². The van der Waals surface area contributed by atoms with Crippen LogP contribution >= 0.6 is 15.9 Å². The van der Waals surface area contributed by atoms with E-state index in [0.717, 1.165) is 36.0 Å². The van der Waals surface area contributed by atoms with Gasteiger partial charge in [-0.3, -0.25) is 9.69 Å². The van der Waals surface area contributed by atoms with Crippen molar-refractivity contribution < 1.29 is 9.90 Å². The molecule has 20 heavy (non-hydrogen) atoms. The molecule has 1 fully saturated rings. The Kier molecular flexibility index (Phi) is 5.57. The maximum Gasteiger partial charge on any atom is 0.217 e. The van der Waals surface area contributed by atoms with E-state index in [-0.39, 0.29) is 11.9 Å². The summed E-state index contributed by atoms with van der Waals surface area (Å²) < 4.78 is 0.976. The Morgan fingerprint density at radius 3 is 3.10 bits per heavy atom. The lowest BCUT2D eigenvalue weighted by molar-refractivity contribution is -0.120. The van der Waals surface area contributed by atoms with E-state index in [2.05, 4.69) is 26.1 Å². The summed E-state index contributed by atoms with van der Waals surface area (Å²) in [4.78, 5) is 13.3. The van der Waals surface area contributed by atoms with Gasteiger partial charge in [-0.25, -0.2) is 0 Å². The molecule has 0 saturated carbocycles. The van der Waals surface area contributed by atoms with Crippen LogP contribution in [0.5, 0.6) is 0 Å². The molecule has 1 heterocycles. The van der Waals surface area contributed by atoms with Crippen LogP contribution in [0.15, 0.2) is 28.7 Å². The number of carbonyl (C=O) groups is 1. The van der Waals surface area contributed by atoms with E-state index in [1.54, 1.807) is 6.92 Å². The molecule has 2 N–H and O–H groups in total. The van der Waals surface area contributed by atoms with Gasteiger partial charge in [0.05, 0.1) is 6.10 Å². The van der Waals surface area contributed by atoms with Crippen LogP contribution < -0.4 is 5.32 Å². The quantitative estimate of drug-likeness (QED) is 0.882. The van der Waals surface area contributed by atoms with Crippen molar-refractivity contribution in [2.24, 2.45) is 0 Å². The second-order valence-electron chi connectivity index (χ2n) is 5.37. The Morgan fingerprint density at radius 1 is 1.60 bits per heavy atom. The van der Waals surface area contributed by atoms with Crippen molar-refractivity contribution in [3.05, 3.63) is 34.3 Å². The van der Waals surface area contributed by atoms with E-state index in [9.17, 15) is 9.90 Å². The number of nitrogens with one attached hydrogen (secondary N) is 1. The lowest BCUT2D eigenvalue weighted by atomic mass is 10.0. The molecular weight excluding hydrogens is 320 g/mol. The number of likely N-dealkylation sites (tertiary alicyclic amines) is 1. The number of amides is 1. The van der Waals surface area contributed by atoms with Crippen molar-refractivity contribution in [2.45, 2.75) is 31.9 Å². The smallest absolute Gasteiger partial charge is 0.217 e. The van der Waals surface area contributed by atoms with Gasteiger partial charge in [0.2, 0.25) is 5.91 Å². The normalized spacial score (nSPS) is 21.4. The Hall–Kier alpha value is -0.910. The number of β-amino-alcohol motifs (C(OH)–C–C–N with tert-alkyl or cyclic N) is 1. The minimum Gasteiger partial charge on any atom is -0.387 e.